The lowest BCUT2D eigenvalue weighted by molar-refractivity contribution is -0.136. The molecule has 1 fully saturated rings. The third-order valence-corrected chi connectivity index (χ3v) is 3.03. The lowest BCUT2D eigenvalue weighted by Crippen LogP contribution is -2.46. The van der Waals surface area contributed by atoms with Gasteiger partial charge in [0.2, 0.25) is 0 Å². The van der Waals surface area contributed by atoms with Gasteiger partial charge in [-0.25, -0.2) is 5.48 Å². The van der Waals surface area contributed by atoms with Crippen molar-refractivity contribution in [3.63, 3.8) is 0 Å². The number of hydroxylamine groups is 1. The number of carbonyl (C=O) groups is 1. The Hall–Kier alpha value is -0.530. The maximum atomic E-state index is 11.3. The van der Waals surface area contributed by atoms with Gasteiger partial charge in [-0.15, -0.1) is 6.42 Å². The van der Waals surface area contributed by atoms with E-state index in [1.807, 2.05) is 0 Å². The van der Waals surface area contributed by atoms with E-state index >= 15 is 0 Å². The van der Waals surface area contributed by atoms with Crippen LogP contribution in [0.2, 0.25) is 0 Å². The predicted molar refractivity (Wildman–Crippen MR) is 48.4 cm³/mol. The van der Waals surface area contributed by atoms with E-state index < -0.39 is 4.32 Å². The number of hydrogen-bond donors (Lipinski definition) is 1. The summed E-state index contributed by atoms with van der Waals surface area (Å²) in [5.41, 5.74) is 2.30. The molecule has 12 heavy (non-hydrogen) atoms. The Morgan fingerprint density at radius 2 is 2.42 bits per heavy atom. The van der Waals surface area contributed by atoms with Crippen LogP contribution in [0.15, 0.2) is 0 Å². The average Bonchev–Trinajstić information content (AvgIpc) is 2.00. The number of terminal acetylenes is 1. The number of hydrogen-bond acceptors (Lipinski definition) is 2. The van der Waals surface area contributed by atoms with Gasteiger partial charge >= 0.3 is 0 Å². The fourth-order valence-corrected chi connectivity index (χ4v) is 1.59. The van der Waals surface area contributed by atoms with Crippen molar-refractivity contribution in [2.75, 3.05) is 6.61 Å². The lowest BCUT2D eigenvalue weighted by atomic mass is 9.85. The van der Waals surface area contributed by atoms with Gasteiger partial charge in [-0.05, 0) is 19.3 Å². The lowest BCUT2D eigenvalue weighted by Gasteiger charge is -2.33. The molecule has 1 saturated carbocycles. The highest BCUT2D eigenvalue weighted by atomic mass is 79.9. The van der Waals surface area contributed by atoms with Crippen LogP contribution >= 0.6 is 15.9 Å². The summed E-state index contributed by atoms with van der Waals surface area (Å²) >= 11 is 3.34. The molecule has 66 valence electrons. The van der Waals surface area contributed by atoms with Crippen molar-refractivity contribution in [3.8, 4) is 12.3 Å². The largest absolute Gasteiger partial charge is 0.271 e. The van der Waals surface area contributed by atoms with Crippen LogP contribution in [0.5, 0.6) is 0 Å². The highest BCUT2D eigenvalue weighted by Gasteiger charge is 2.41. The van der Waals surface area contributed by atoms with Gasteiger partial charge in [0.05, 0.1) is 0 Å². The molecule has 1 amide bonds. The summed E-state index contributed by atoms with van der Waals surface area (Å²) in [5.74, 6) is 2.12. The Morgan fingerprint density at radius 1 is 1.75 bits per heavy atom. The number of carbonyl (C=O) groups excluding carboxylic acids is 1. The van der Waals surface area contributed by atoms with E-state index in [2.05, 4.69) is 27.3 Å². The SMILES string of the molecule is C#CCONC(=O)C1(Br)CCC1. The van der Waals surface area contributed by atoms with Crippen molar-refractivity contribution in [2.45, 2.75) is 23.6 Å². The Bertz CT molecular complexity index is 218. The van der Waals surface area contributed by atoms with Crippen molar-refractivity contribution >= 4 is 21.8 Å². The van der Waals surface area contributed by atoms with Crippen LogP contribution in [0.25, 0.3) is 0 Å². The van der Waals surface area contributed by atoms with Crippen LogP contribution in [-0.4, -0.2) is 16.8 Å². The van der Waals surface area contributed by atoms with Crippen LogP contribution in [0, 0.1) is 12.3 Å². The van der Waals surface area contributed by atoms with Gasteiger partial charge in [-0.1, -0.05) is 21.9 Å². The van der Waals surface area contributed by atoms with Crippen molar-refractivity contribution < 1.29 is 9.63 Å². The minimum absolute atomic E-state index is 0.106. The van der Waals surface area contributed by atoms with Crippen LogP contribution in [0.4, 0.5) is 0 Å². The van der Waals surface area contributed by atoms with Gasteiger partial charge in [0.15, 0.2) is 0 Å². The molecule has 1 aliphatic carbocycles. The first-order chi connectivity index (χ1) is 5.69. The molecule has 0 atom stereocenters. The molecule has 0 unspecified atom stereocenters. The molecule has 3 nitrogen and oxygen atoms in total. The summed E-state index contributed by atoms with van der Waals surface area (Å²) in [4.78, 5) is 16.0. The maximum absolute atomic E-state index is 11.3. The fourth-order valence-electron chi connectivity index (χ4n) is 0.949. The first kappa shape index (κ1) is 9.56. The second-order valence-electron chi connectivity index (χ2n) is 2.74. The van der Waals surface area contributed by atoms with E-state index in [1.165, 1.54) is 0 Å². The quantitative estimate of drug-likeness (QED) is 0.341. The Balaban J connectivity index is 2.24. The Morgan fingerprint density at radius 3 is 2.83 bits per heavy atom. The Labute approximate surface area is 79.9 Å². The van der Waals surface area contributed by atoms with Crippen LogP contribution < -0.4 is 5.48 Å². The van der Waals surface area contributed by atoms with Gasteiger partial charge in [-0.3, -0.25) is 9.63 Å². The van der Waals surface area contributed by atoms with E-state index in [1.54, 1.807) is 0 Å². The first-order valence-corrected chi connectivity index (χ1v) is 4.53. The molecule has 1 N–H and O–H groups in total. The number of nitrogens with one attached hydrogen (secondary N) is 1. The monoisotopic (exact) mass is 231 g/mol. The summed E-state index contributed by atoms with van der Waals surface area (Å²) in [5, 5.41) is 0. The molecule has 0 bridgehead atoms. The third kappa shape index (κ3) is 1.99. The summed E-state index contributed by atoms with van der Waals surface area (Å²) < 4.78 is -0.401. The predicted octanol–water partition coefficient (Wildman–Crippen LogP) is 0.985. The average molecular weight is 232 g/mol. The van der Waals surface area contributed by atoms with E-state index in [-0.39, 0.29) is 12.5 Å². The van der Waals surface area contributed by atoms with Gasteiger partial charge in [-0.2, -0.15) is 0 Å². The number of halogens is 1. The summed E-state index contributed by atoms with van der Waals surface area (Å²) in [6, 6.07) is 0. The molecule has 0 aromatic rings. The third-order valence-electron chi connectivity index (χ3n) is 1.87. The van der Waals surface area contributed by atoms with Gasteiger partial charge in [0.1, 0.15) is 10.9 Å². The first-order valence-electron chi connectivity index (χ1n) is 3.74. The molecule has 0 aromatic carbocycles. The molecule has 0 heterocycles. The second kappa shape index (κ2) is 3.92. The van der Waals surface area contributed by atoms with Gasteiger partial charge < -0.3 is 0 Å². The standard InChI is InChI=1S/C8H10BrNO2/c1-2-6-12-10-7(11)8(9)4-3-5-8/h1H,3-6H2,(H,10,11). The van der Waals surface area contributed by atoms with E-state index in [0.717, 1.165) is 19.3 Å². The minimum Gasteiger partial charge on any atom is -0.271 e. The summed E-state index contributed by atoms with van der Waals surface area (Å²) in [6.07, 6.45) is 7.73. The Kier molecular flexibility index (Phi) is 3.12. The summed E-state index contributed by atoms with van der Waals surface area (Å²) in [6.45, 7) is 0.106. The topological polar surface area (TPSA) is 38.3 Å². The number of alkyl halides is 1. The van der Waals surface area contributed by atoms with E-state index in [0.29, 0.717) is 0 Å². The minimum atomic E-state index is -0.401. The second-order valence-corrected chi connectivity index (χ2v) is 4.26. The summed E-state index contributed by atoms with van der Waals surface area (Å²) in [7, 11) is 0. The zero-order chi connectivity index (χ0) is 9.03. The molecule has 0 spiro atoms. The molecule has 1 rings (SSSR count). The number of rotatable bonds is 3. The van der Waals surface area contributed by atoms with Crippen LogP contribution in [0.1, 0.15) is 19.3 Å². The highest BCUT2D eigenvalue weighted by Crippen LogP contribution is 2.40. The van der Waals surface area contributed by atoms with Crippen molar-refractivity contribution in [3.05, 3.63) is 0 Å². The van der Waals surface area contributed by atoms with Crippen molar-refractivity contribution in [2.24, 2.45) is 0 Å². The molecular formula is C8H10BrNO2. The van der Waals surface area contributed by atoms with Gasteiger partial charge in [0, 0.05) is 0 Å². The van der Waals surface area contributed by atoms with E-state index in [9.17, 15) is 4.79 Å². The van der Waals surface area contributed by atoms with Gasteiger partial charge in [0.25, 0.3) is 5.91 Å². The molecule has 1 aliphatic rings. The fraction of sp³-hybridized carbons (Fsp3) is 0.625. The zero-order valence-electron chi connectivity index (χ0n) is 6.60. The van der Waals surface area contributed by atoms with Crippen molar-refractivity contribution in [1.29, 1.82) is 0 Å². The zero-order valence-corrected chi connectivity index (χ0v) is 8.19. The van der Waals surface area contributed by atoms with Crippen LogP contribution in [-0.2, 0) is 9.63 Å². The molecule has 4 heteroatoms. The molecular weight excluding hydrogens is 222 g/mol. The van der Waals surface area contributed by atoms with Crippen molar-refractivity contribution in [1.82, 2.24) is 5.48 Å². The molecule has 0 aliphatic heterocycles. The maximum Gasteiger partial charge on any atom is 0.260 e. The van der Waals surface area contributed by atoms with Crippen LogP contribution in [0.3, 0.4) is 0 Å². The molecule has 0 saturated heterocycles. The number of amides is 1. The molecule has 0 aromatic heterocycles. The highest BCUT2D eigenvalue weighted by molar-refractivity contribution is 9.10. The smallest absolute Gasteiger partial charge is 0.260 e. The normalized spacial score (nSPS) is 19.0. The molecule has 0 radical (unpaired) electrons. The van der Waals surface area contributed by atoms with E-state index in [4.69, 9.17) is 11.3 Å².